The number of aliphatic hydroxyl groups excluding tert-OH is 2. The summed E-state index contributed by atoms with van der Waals surface area (Å²) < 4.78 is 31.9. The van der Waals surface area contributed by atoms with Crippen LogP contribution in [0.15, 0.2) is 23.8 Å². The lowest BCUT2D eigenvalue weighted by atomic mass is 9.44. The molecule has 0 aromatic carbocycles. The summed E-state index contributed by atoms with van der Waals surface area (Å²) in [7, 11) is 1.00. The summed E-state index contributed by atoms with van der Waals surface area (Å²) in [6.07, 6.45) is 1.42. The number of halogens is 2. The number of aldehydes is 1. The highest BCUT2D eigenvalue weighted by molar-refractivity contribution is 6.01. The molecule has 29 heavy (non-hydrogen) atoms. The van der Waals surface area contributed by atoms with Gasteiger partial charge in [0.1, 0.15) is 11.8 Å². The van der Waals surface area contributed by atoms with Crippen LogP contribution in [0.2, 0.25) is 0 Å². The molecule has 0 spiro atoms. The number of hydrogen-bond donors (Lipinski definition) is 3. The van der Waals surface area contributed by atoms with Gasteiger partial charge < -0.3 is 20.1 Å². The SMILES string of the molecule is CO.C[C@@H]1CC2C3C[C@H](F)C4=CC(=O)C=CC4(C)[C@@]3(F)C(O)CC2(C)[C@@]1(O)C=O. The highest BCUT2D eigenvalue weighted by atomic mass is 19.1. The van der Waals surface area contributed by atoms with Gasteiger partial charge in [-0.2, -0.15) is 0 Å². The van der Waals surface area contributed by atoms with Crippen molar-refractivity contribution in [1.29, 1.82) is 0 Å². The number of hydrogen-bond acceptors (Lipinski definition) is 5. The summed E-state index contributed by atoms with van der Waals surface area (Å²) >= 11 is 0. The molecule has 0 saturated heterocycles. The van der Waals surface area contributed by atoms with E-state index in [1.165, 1.54) is 19.1 Å². The lowest BCUT2D eigenvalue weighted by Crippen LogP contribution is -2.69. The van der Waals surface area contributed by atoms with Gasteiger partial charge in [0.05, 0.1) is 6.10 Å². The predicted octanol–water partition coefficient (Wildman–Crippen LogP) is 2.09. The molecule has 9 atom stereocenters. The summed E-state index contributed by atoms with van der Waals surface area (Å²) in [5, 5.41) is 29.0. The number of aliphatic hydroxyl groups is 3. The number of ketones is 1. The van der Waals surface area contributed by atoms with Gasteiger partial charge in [-0.25, -0.2) is 8.78 Å². The number of alkyl halides is 2. The first-order valence-corrected chi connectivity index (χ1v) is 10.1. The number of allylic oxidation sites excluding steroid dienone is 4. The van der Waals surface area contributed by atoms with Crippen molar-refractivity contribution in [2.45, 2.75) is 63.6 Å². The third-order valence-corrected chi connectivity index (χ3v) is 8.47. The van der Waals surface area contributed by atoms with Gasteiger partial charge in [-0.05, 0) is 55.7 Å². The van der Waals surface area contributed by atoms with Crippen molar-refractivity contribution in [2.24, 2.45) is 28.6 Å². The van der Waals surface area contributed by atoms with Crippen LogP contribution in [-0.4, -0.2) is 58.0 Å². The van der Waals surface area contributed by atoms with Crippen LogP contribution in [0.25, 0.3) is 0 Å². The van der Waals surface area contributed by atoms with Gasteiger partial charge in [-0.3, -0.25) is 4.79 Å². The molecule has 5 unspecified atom stereocenters. The third-order valence-electron chi connectivity index (χ3n) is 8.47. The summed E-state index contributed by atoms with van der Waals surface area (Å²) in [5.74, 6) is -2.10. The molecule has 4 rings (SSSR count). The van der Waals surface area contributed by atoms with Crippen molar-refractivity contribution in [3.63, 3.8) is 0 Å². The number of fused-ring (bicyclic) bond motifs is 5. The second kappa shape index (κ2) is 6.79. The minimum atomic E-state index is -2.17. The lowest BCUT2D eigenvalue weighted by molar-refractivity contribution is -0.220. The van der Waals surface area contributed by atoms with E-state index >= 15 is 8.78 Å². The topological polar surface area (TPSA) is 94.8 Å². The molecule has 3 saturated carbocycles. The molecule has 7 heteroatoms. The molecule has 0 aromatic heterocycles. The second-order valence-corrected chi connectivity index (χ2v) is 9.44. The van der Waals surface area contributed by atoms with Crippen LogP contribution >= 0.6 is 0 Å². The van der Waals surface area contributed by atoms with Crippen LogP contribution in [0.4, 0.5) is 8.78 Å². The summed E-state index contributed by atoms with van der Waals surface area (Å²) in [4.78, 5) is 23.5. The van der Waals surface area contributed by atoms with Gasteiger partial charge in [0.2, 0.25) is 0 Å². The van der Waals surface area contributed by atoms with Crippen LogP contribution < -0.4 is 0 Å². The zero-order chi connectivity index (χ0) is 22.0. The Hall–Kier alpha value is -1.44. The Morgan fingerprint density at radius 2 is 1.83 bits per heavy atom. The minimum Gasteiger partial charge on any atom is -0.400 e. The van der Waals surface area contributed by atoms with E-state index in [0.29, 0.717) is 12.7 Å². The highest BCUT2D eigenvalue weighted by Crippen LogP contribution is 2.70. The van der Waals surface area contributed by atoms with Crippen molar-refractivity contribution < 1.29 is 33.7 Å². The Morgan fingerprint density at radius 1 is 1.21 bits per heavy atom. The summed E-state index contributed by atoms with van der Waals surface area (Å²) in [6, 6.07) is 0. The molecule has 3 fully saturated rings. The fraction of sp³-hybridized carbons (Fsp3) is 0.727. The average Bonchev–Trinajstić information content (AvgIpc) is 2.88. The highest BCUT2D eigenvalue weighted by Gasteiger charge is 2.75. The third kappa shape index (κ3) is 2.47. The normalized spacial score (nSPS) is 53.1. The summed E-state index contributed by atoms with van der Waals surface area (Å²) in [6.45, 7) is 4.99. The predicted molar refractivity (Wildman–Crippen MR) is 102 cm³/mol. The molecule has 4 aliphatic carbocycles. The molecule has 0 radical (unpaired) electrons. The number of carbonyl (C=O) groups excluding carboxylic acids is 2. The first kappa shape index (κ1) is 22.2. The van der Waals surface area contributed by atoms with E-state index in [-0.39, 0.29) is 24.2 Å². The van der Waals surface area contributed by atoms with E-state index < -0.39 is 52.1 Å². The molecular formula is C22H30F2O5. The monoisotopic (exact) mass is 412 g/mol. The largest absolute Gasteiger partial charge is 0.400 e. The molecule has 0 heterocycles. The zero-order valence-electron chi connectivity index (χ0n) is 17.2. The average molecular weight is 412 g/mol. The first-order valence-electron chi connectivity index (χ1n) is 10.1. The summed E-state index contributed by atoms with van der Waals surface area (Å²) in [5.41, 5.74) is -6.24. The van der Waals surface area contributed by atoms with Crippen molar-refractivity contribution in [2.75, 3.05) is 7.11 Å². The van der Waals surface area contributed by atoms with Crippen LogP contribution in [0, 0.1) is 28.6 Å². The smallest absolute Gasteiger partial charge is 0.178 e. The van der Waals surface area contributed by atoms with Crippen molar-refractivity contribution >= 4 is 12.1 Å². The molecule has 0 aliphatic heterocycles. The van der Waals surface area contributed by atoms with E-state index in [0.717, 1.165) is 13.2 Å². The van der Waals surface area contributed by atoms with E-state index in [1.807, 2.05) is 0 Å². The van der Waals surface area contributed by atoms with E-state index in [1.54, 1.807) is 13.8 Å². The maximum Gasteiger partial charge on any atom is 0.178 e. The quantitative estimate of drug-likeness (QED) is 0.574. The molecule has 162 valence electrons. The van der Waals surface area contributed by atoms with Gasteiger partial charge in [0, 0.05) is 23.9 Å². The maximum atomic E-state index is 16.7. The number of rotatable bonds is 1. The molecule has 0 aromatic rings. The fourth-order valence-electron chi connectivity index (χ4n) is 6.82. The molecule has 5 nitrogen and oxygen atoms in total. The molecule has 4 aliphatic rings. The fourth-order valence-corrected chi connectivity index (χ4v) is 6.82. The Bertz CT molecular complexity index is 781. The van der Waals surface area contributed by atoms with Crippen molar-refractivity contribution in [3.05, 3.63) is 23.8 Å². The van der Waals surface area contributed by atoms with Gasteiger partial charge in [-0.1, -0.05) is 19.9 Å². The Balaban J connectivity index is 0.00000117. The maximum absolute atomic E-state index is 16.7. The molecular weight excluding hydrogens is 382 g/mol. The number of carbonyl (C=O) groups is 2. The van der Waals surface area contributed by atoms with Crippen LogP contribution in [-0.2, 0) is 9.59 Å². The van der Waals surface area contributed by atoms with Crippen LogP contribution in [0.5, 0.6) is 0 Å². The second-order valence-electron chi connectivity index (χ2n) is 9.44. The molecule has 3 N–H and O–H groups in total. The van der Waals surface area contributed by atoms with Crippen LogP contribution in [0.1, 0.15) is 40.0 Å². The Morgan fingerprint density at radius 3 is 2.41 bits per heavy atom. The van der Waals surface area contributed by atoms with E-state index in [2.05, 4.69) is 0 Å². The standard InChI is InChI=1S/C21H26F2O4.CH4O/c1-11-6-13-14-8-16(22)15-7-12(25)4-5-18(15,2)21(14,23)17(26)9-19(13,3)20(11,27)10-24;1-2/h4-5,7,10-11,13-14,16-17,26-27H,6,8-9H2,1-3H3;2H,1H3/t11-,13?,14?,16+,17?,18?,19?,20-,21+;/m1./s1. The first-order chi connectivity index (χ1) is 13.5. The van der Waals surface area contributed by atoms with Crippen molar-refractivity contribution in [1.82, 2.24) is 0 Å². The van der Waals surface area contributed by atoms with Gasteiger partial charge in [0.25, 0.3) is 0 Å². The minimum absolute atomic E-state index is 0.0769. The van der Waals surface area contributed by atoms with E-state index in [4.69, 9.17) is 5.11 Å². The Labute approximate surface area is 169 Å². The van der Waals surface area contributed by atoms with E-state index in [9.17, 15) is 19.8 Å². The Kier molecular flexibility index (Phi) is 5.21. The molecule has 0 bridgehead atoms. The van der Waals surface area contributed by atoms with Gasteiger partial charge in [0.15, 0.2) is 17.7 Å². The lowest BCUT2D eigenvalue weighted by Gasteiger charge is -2.62. The van der Waals surface area contributed by atoms with Gasteiger partial charge in [-0.15, -0.1) is 0 Å². The van der Waals surface area contributed by atoms with Crippen LogP contribution in [0.3, 0.4) is 0 Å². The van der Waals surface area contributed by atoms with Gasteiger partial charge >= 0.3 is 0 Å². The zero-order valence-corrected chi connectivity index (χ0v) is 17.2. The molecule has 0 amide bonds. The van der Waals surface area contributed by atoms with Crippen molar-refractivity contribution in [3.8, 4) is 0 Å².